The molecule has 7 nitrogen and oxygen atoms in total. The summed E-state index contributed by atoms with van der Waals surface area (Å²) >= 11 is 0. The molecule has 0 radical (unpaired) electrons. The number of amides is 1. The summed E-state index contributed by atoms with van der Waals surface area (Å²) in [4.78, 5) is 27.2. The molecule has 0 aliphatic rings. The van der Waals surface area contributed by atoms with Crippen LogP contribution in [0.25, 0.3) is 0 Å². The summed E-state index contributed by atoms with van der Waals surface area (Å²) in [6.07, 6.45) is 0.993. The molecule has 1 atom stereocenters. The van der Waals surface area contributed by atoms with Crippen molar-refractivity contribution in [3.05, 3.63) is 0 Å². The van der Waals surface area contributed by atoms with Crippen LogP contribution in [0.15, 0.2) is 4.99 Å². The molecule has 1 amide bonds. The Balaban J connectivity index is 4.45. The molecule has 110 valence electrons. The molecule has 19 heavy (non-hydrogen) atoms. The maximum atomic E-state index is 11.8. The van der Waals surface area contributed by atoms with Crippen molar-refractivity contribution in [3.63, 3.8) is 0 Å². The van der Waals surface area contributed by atoms with E-state index in [4.69, 9.17) is 11.5 Å². The highest BCUT2D eigenvalue weighted by atomic mass is 16.5. The Morgan fingerprint density at radius 3 is 2.32 bits per heavy atom. The van der Waals surface area contributed by atoms with Gasteiger partial charge in [-0.25, -0.2) is 4.79 Å². The van der Waals surface area contributed by atoms with Crippen molar-refractivity contribution in [3.8, 4) is 0 Å². The quantitative estimate of drug-likeness (QED) is 0.266. The van der Waals surface area contributed by atoms with Crippen LogP contribution in [-0.4, -0.2) is 37.5 Å². The summed E-state index contributed by atoms with van der Waals surface area (Å²) in [5.41, 5.74) is 9.84. The van der Waals surface area contributed by atoms with Crippen molar-refractivity contribution >= 4 is 17.8 Å². The van der Waals surface area contributed by atoms with Gasteiger partial charge in [0, 0.05) is 12.0 Å². The first-order valence-corrected chi connectivity index (χ1v) is 6.12. The zero-order chi connectivity index (χ0) is 15.1. The fourth-order valence-corrected chi connectivity index (χ4v) is 1.27. The highest BCUT2D eigenvalue weighted by molar-refractivity contribution is 5.87. The minimum atomic E-state index is -0.675. The number of rotatable bonds is 6. The van der Waals surface area contributed by atoms with Crippen LogP contribution in [0.5, 0.6) is 0 Å². The smallest absolute Gasteiger partial charge is 0.328 e. The molecular weight excluding hydrogens is 248 g/mol. The van der Waals surface area contributed by atoms with Crippen LogP contribution < -0.4 is 16.8 Å². The molecule has 0 aromatic carbocycles. The third-order valence-electron chi connectivity index (χ3n) is 2.42. The van der Waals surface area contributed by atoms with Crippen LogP contribution in [0.1, 0.15) is 33.6 Å². The van der Waals surface area contributed by atoms with Crippen molar-refractivity contribution in [1.29, 1.82) is 0 Å². The summed E-state index contributed by atoms with van der Waals surface area (Å²) in [5, 5.41) is 2.67. The van der Waals surface area contributed by atoms with Crippen LogP contribution >= 0.6 is 0 Å². The van der Waals surface area contributed by atoms with Crippen molar-refractivity contribution in [2.75, 3.05) is 13.7 Å². The second kappa shape index (κ2) is 7.60. The average Bonchev–Trinajstić information content (AvgIpc) is 2.30. The van der Waals surface area contributed by atoms with Crippen LogP contribution in [0.3, 0.4) is 0 Å². The highest BCUT2D eigenvalue weighted by Gasteiger charge is 2.27. The van der Waals surface area contributed by atoms with Gasteiger partial charge in [-0.1, -0.05) is 20.8 Å². The Hall–Kier alpha value is -1.79. The van der Waals surface area contributed by atoms with Gasteiger partial charge in [-0.05, 0) is 12.8 Å². The topological polar surface area (TPSA) is 120 Å². The first kappa shape index (κ1) is 17.2. The molecule has 0 rings (SSSR count). The molecule has 0 saturated heterocycles. The minimum Gasteiger partial charge on any atom is -0.467 e. The van der Waals surface area contributed by atoms with Crippen molar-refractivity contribution in [2.45, 2.75) is 39.7 Å². The van der Waals surface area contributed by atoms with Crippen molar-refractivity contribution in [2.24, 2.45) is 21.9 Å². The summed E-state index contributed by atoms with van der Waals surface area (Å²) < 4.78 is 4.67. The van der Waals surface area contributed by atoms with Gasteiger partial charge in [0.2, 0.25) is 5.91 Å². The van der Waals surface area contributed by atoms with E-state index in [2.05, 4.69) is 15.0 Å². The molecule has 0 saturated carbocycles. The van der Waals surface area contributed by atoms with Gasteiger partial charge in [0.1, 0.15) is 6.04 Å². The van der Waals surface area contributed by atoms with Crippen molar-refractivity contribution < 1.29 is 14.3 Å². The lowest BCUT2D eigenvalue weighted by Crippen LogP contribution is -2.46. The standard InChI is InChI=1S/C12H24N4O3/c1-12(2,3)10(18)16-8(9(17)19-4)6-5-7-15-11(13)14/h8H,5-7H2,1-4H3,(H,16,18)(H4,13,14,15). The largest absolute Gasteiger partial charge is 0.467 e. The van der Waals surface area contributed by atoms with Gasteiger partial charge in [0.15, 0.2) is 5.96 Å². The number of carbonyl (C=O) groups excluding carboxylic acids is 2. The van der Waals surface area contributed by atoms with Gasteiger partial charge in [-0.3, -0.25) is 9.79 Å². The number of nitrogens with two attached hydrogens (primary N) is 2. The molecule has 7 heteroatoms. The third kappa shape index (κ3) is 7.28. The van der Waals surface area contributed by atoms with Gasteiger partial charge in [-0.15, -0.1) is 0 Å². The van der Waals surface area contributed by atoms with E-state index in [0.717, 1.165) is 0 Å². The summed E-state index contributed by atoms with van der Waals surface area (Å²) in [6.45, 7) is 5.73. The van der Waals surface area contributed by atoms with E-state index in [9.17, 15) is 9.59 Å². The second-order valence-electron chi connectivity index (χ2n) is 5.25. The zero-order valence-electron chi connectivity index (χ0n) is 12.0. The normalized spacial score (nSPS) is 12.4. The van der Waals surface area contributed by atoms with Gasteiger partial charge in [0.05, 0.1) is 7.11 Å². The number of guanidine groups is 1. The molecule has 1 unspecified atom stereocenters. The SMILES string of the molecule is COC(=O)C(CCCN=C(N)N)NC(=O)C(C)(C)C. The minimum absolute atomic E-state index is 0.00773. The van der Waals surface area contributed by atoms with Crippen LogP contribution in [0.2, 0.25) is 0 Å². The van der Waals surface area contributed by atoms with Crippen LogP contribution in [0.4, 0.5) is 0 Å². The maximum absolute atomic E-state index is 11.8. The van der Waals surface area contributed by atoms with Crippen molar-refractivity contribution in [1.82, 2.24) is 5.32 Å². The average molecular weight is 272 g/mol. The number of methoxy groups -OCH3 is 1. The van der Waals surface area contributed by atoms with Gasteiger partial charge >= 0.3 is 5.97 Å². The van der Waals surface area contributed by atoms with E-state index in [1.54, 1.807) is 20.8 Å². The van der Waals surface area contributed by atoms with E-state index in [1.807, 2.05) is 0 Å². The fourth-order valence-electron chi connectivity index (χ4n) is 1.27. The predicted molar refractivity (Wildman–Crippen MR) is 73.3 cm³/mol. The summed E-state index contributed by atoms with van der Waals surface area (Å²) in [6, 6.07) is -0.675. The Morgan fingerprint density at radius 1 is 1.32 bits per heavy atom. The van der Waals surface area contributed by atoms with Gasteiger partial charge in [-0.2, -0.15) is 0 Å². The Morgan fingerprint density at radius 2 is 1.89 bits per heavy atom. The molecule has 0 bridgehead atoms. The lowest BCUT2D eigenvalue weighted by molar-refractivity contribution is -0.146. The lowest BCUT2D eigenvalue weighted by Gasteiger charge is -2.22. The number of hydrogen-bond donors (Lipinski definition) is 3. The molecular formula is C12H24N4O3. The number of esters is 1. The number of hydrogen-bond acceptors (Lipinski definition) is 4. The molecule has 0 heterocycles. The summed E-state index contributed by atoms with van der Waals surface area (Å²) in [7, 11) is 1.29. The van der Waals surface area contributed by atoms with Crippen LogP contribution in [0, 0.1) is 5.41 Å². The first-order valence-electron chi connectivity index (χ1n) is 6.12. The van der Waals surface area contributed by atoms with E-state index < -0.39 is 17.4 Å². The van der Waals surface area contributed by atoms with Gasteiger partial charge in [0.25, 0.3) is 0 Å². The number of aliphatic imine (C=N–C) groups is 1. The zero-order valence-corrected chi connectivity index (χ0v) is 12.0. The number of nitrogens with zero attached hydrogens (tertiary/aromatic N) is 1. The Bertz CT molecular complexity index is 343. The lowest BCUT2D eigenvalue weighted by atomic mass is 9.95. The number of carbonyl (C=O) groups is 2. The van der Waals surface area contributed by atoms with E-state index in [0.29, 0.717) is 19.4 Å². The van der Waals surface area contributed by atoms with E-state index in [1.165, 1.54) is 7.11 Å². The Labute approximate surface area is 113 Å². The van der Waals surface area contributed by atoms with Crippen LogP contribution in [-0.2, 0) is 14.3 Å². The molecule has 0 spiro atoms. The Kier molecular flexibility index (Phi) is 6.89. The molecule has 0 fully saturated rings. The molecule has 0 aliphatic heterocycles. The molecule has 0 aromatic rings. The second-order valence-corrected chi connectivity index (χ2v) is 5.25. The van der Waals surface area contributed by atoms with E-state index in [-0.39, 0.29) is 11.9 Å². The summed E-state index contributed by atoms with van der Waals surface area (Å²) in [5.74, 6) is -0.666. The van der Waals surface area contributed by atoms with E-state index >= 15 is 0 Å². The molecule has 0 aliphatic carbocycles. The molecule has 0 aromatic heterocycles. The maximum Gasteiger partial charge on any atom is 0.328 e. The first-order chi connectivity index (χ1) is 8.68. The third-order valence-corrected chi connectivity index (χ3v) is 2.42. The van der Waals surface area contributed by atoms with Gasteiger partial charge < -0.3 is 21.5 Å². The number of nitrogens with one attached hydrogen (secondary N) is 1. The highest BCUT2D eigenvalue weighted by Crippen LogP contribution is 2.14. The monoisotopic (exact) mass is 272 g/mol. The fraction of sp³-hybridized carbons (Fsp3) is 0.750. The number of ether oxygens (including phenoxy) is 1. The predicted octanol–water partition coefficient (Wildman–Crippen LogP) is -0.256. The molecule has 5 N–H and O–H groups in total.